The van der Waals surface area contributed by atoms with Gasteiger partial charge in [-0.25, -0.2) is 4.98 Å². The van der Waals surface area contributed by atoms with E-state index in [0.29, 0.717) is 17.3 Å². The molecule has 4 heterocycles. The van der Waals surface area contributed by atoms with Crippen LogP contribution >= 0.6 is 0 Å². The Bertz CT molecular complexity index is 808. The molecular weight excluding hydrogens is 342 g/mol. The Morgan fingerprint density at radius 2 is 2.07 bits per heavy atom. The van der Waals surface area contributed by atoms with Crippen LogP contribution in [0.2, 0.25) is 0 Å². The molecule has 27 heavy (non-hydrogen) atoms. The van der Waals surface area contributed by atoms with Crippen LogP contribution in [0.4, 0.5) is 5.82 Å². The molecular formula is C19H27N7O. The third-order valence-electron chi connectivity index (χ3n) is 5.26. The van der Waals surface area contributed by atoms with Gasteiger partial charge in [-0.05, 0) is 38.8 Å². The van der Waals surface area contributed by atoms with Crippen molar-refractivity contribution in [3.05, 3.63) is 35.5 Å². The average Bonchev–Trinajstić information content (AvgIpc) is 3.12. The number of carbonyl (C=O) groups is 1. The molecule has 4 rings (SSSR count). The number of pyridine rings is 1. The van der Waals surface area contributed by atoms with Crippen LogP contribution in [0.1, 0.15) is 54.6 Å². The molecule has 1 fully saturated rings. The summed E-state index contributed by atoms with van der Waals surface area (Å²) in [6.45, 7) is 8.24. The number of hydrogen-bond donors (Lipinski definition) is 2. The van der Waals surface area contributed by atoms with Crippen molar-refractivity contribution < 1.29 is 4.79 Å². The molecule has 2 aliphatic heterocycles. The molecule has 2 aliphatic rings. The summed E-state index contributed by atoms with van der Waals surface area (Å²) in [5.74, 6) is 3.20. The van der Waals surface area contributed by atoms with Gasteiger partial charge in [-0.15, -0.1) is 10.2 Å². The minimum Gasteiger partial charge on any atom is -0.367 e. The first-order chi connectivity index (χ1) is 13.1. The summed E-state index contributed by atoms with van der Waals surface area (Å²) in [4.78, 5) is 19.3. The van der Waals surface area contributed by atoms with E-state index in [-0.39, 0.29) is 11.9 Å². The maximum atomic E-state index is 13.0. The van der Waals surface area contributed by atoms with Gasteiger partial charge in [0.1, 0.15) is 17.5 Å². The molecule has 144 valence electrons. The maximum absolute atomic E-state index is 13.0. The summed E-state index contributed by atoms with van der Waals surface area (Å²) in [6.07, 6.45) is 3.56. The second-order valence-electron chi connectivity index (χ2n) is 7.57. The molecule has 0 aliphatic carbocycles. The third kappa shape index (κ3) is 3.66. The van der Waals surface area contributed by atoms with Gasteiger partial charge in [-0.3, -0.25) is 4.79 Å². The van der Waals surface area contributed by atoms with Crippen molar-refractivity contribution in [1.82, 2.24) is 30.0 Å². The number of fused-ring (bicyclic) bond motifs is 1. The van der Waals surface area contributed by atoms with Crippen LogP contribution in [0.3, 0.4) is 0 Å². The topological polar surface area (TPSA) is 88.0 Å². The molecule has 8 heteroatoms. The Hall–Kier alpha value is -2.48. The molecule has 2 N–H and O–H groups in total. The number of likely N-dealkylation sites (tertiary alicyclic amines) is 1. The van der Waals surface area contributed by atoms with Crippen LogP contribution < -0.4 is 10.6 Å². The SMILES string of the molecule is CC(C)Nc1ncccc1C(=O)N1CCC(c2nnc3n2CCNC3)CC1. The summed E-state index contributed by atoms with van der Waals surface area (Å²) in [6, 6.07) is 3.90. The fourth-order valence-electron chi connectivity index (χ4n) is 3.89. The average molecular weight is 369 g/mol. The van der Waals surface area contributed by atoms with E-state index in [4.69, 9.17) is 0 Å². The zero-order valence-corrected chi connectivity index (χ0v) is 16.0. The van der Waals surface area contributed by atoms with Crippen molar-refractivity contribution in [3.8, 4) is 0 Å². The fourth-order valence-corrected chi connectivity index (χ4v) is 3.89. The van der Waals surface area contributed by atoms with Gasteiger partial charge < -0.3 is 20.1 Å². The van der Waals surface area contributed by atoms with E-state index >= 15 is 0 Å². The molecule has 0 radical (unpaired) electrons. The molecule has 0 unspecified atom stereocenters. The highest BCUT2D eigenvalue weighted by atomic mass is 16.2. The van der Waals surface area contributed by atoms with E-state index in [2.05, 4.69) is 30.4 Å². The molecule has 0 atom stereocenters. The van der Waals surface area contributed by atoms with Crippen LogP contribution in [0.15, 0.2) is 18.3 Å². The number of nitrogens with zero attached hydrogens (tertiary/aromatic N) is 5. The first-order valence-corrected chi connectivity index (χ1v) is 9.77. The third-order valence-corrected chi connectivity index (χ3v) is 5.26. The zero-order chi connectivity index (χ0) is 18.8. The Morgan fingerprint density at radius 1 is 1.26 bits per heavy atom. The second-order valence-corrected chi connectivity index (χ2v) is 7.57. The largest absolute Gasteiger partial charge is 0.367 e. The van der Waals surface area contributed by atoms with E-state index in [1.165, 1.54) is 0 Å². The normalized spacial score (nSPS) is 17.8. The van der Waals surface area contributed by atoms with Crippen molar-refractivity contribution in [1.29, 1.82) is 0 Å². The second kappa shape index (κ2) is 7.64. The first kappa shape index (κ1) is 17.9. The summed E-state index contributed by atoms with van der Waals surface area (Å²) < 4.78 is 2.25. The van der Waals surface area contributed by atoms with Gasteiger partial charge in [0.25, 0.3) is 5.91 Å². The lowest BCUT2D eigenvalue weighted by molar-refractivity contribution is 0.0710. The molecule has 1 saturated heterocycles. The standard InChI is InChI=1S/C19H27N7O/c1-13(2)22-17-15(4-3-7-21-17)19(27)25-9-5-14(6-10-25)18-24-23-16-12-20-8-11-26(16)18/h3-4,7,13-14,20H,5-6,8-12H2,1-2H3,(H,21,22). The predicted octanol–water partition coefficient (Wildman–Crippen LogP) is 1.62. The quantitative estimate of drug-likeness (QED) is 0.851. The molecule has 0 saturated carbocycles. The number of hydrogen-bond acceptors (Lipinski definition) is 6. The lowest BCUT2D eigenvalue weighted by Crippen LogP contribution is -2.39. The lowest BCUT2D eigenvalue weighted by atomic mass is 9.95. The Balaban J connectivity index is 1.44. The van der Waals surface area contributed by atoms with E-state index in [1.54, 1.807) is 6.20 Å². The minimum atomic E-state index is 0.0529. The molecule has 2 aromatic heterocycles. The number of nitrogens with one attached hydrogen (secondary N) is 2. The van der Waals surface area contributed by atoms with Crippen LogP contribution in [0.5, 0.6) is 0 Å². The van der Waals surface area contributed by atoms with Gasteiger partial charge in [0.05, 0.1) is 12.1 Å². The van der Waals surface area contributed by atoms with Gasteiger partial charge in [-0.2, -0.15) is 0 Å². The Kier molecular flexibility index (Phi) is 5.07. The lowest BCUT2D eigenvalue weighted by Gasteiger charge is -2.32. The Labute approximate surface area is 159 Å². The predicted molar refractivity (Wildman–Crippen MR) is 103 cm³/mol. The molecule has 0 aromatic carbocycles. The zero-order valence-electron chi connectivity index (χ0n) is 16.0. The van der Waals surface area contributed by atoms with Crippen molar-refractivity contribution >= 4 is 11.7 Å². The number of anilines is 1. The minimum absolute atomic E-state index is 0.0529. The van der Waals surface area contributed by atoms with Gasteiger partial charge in [0, 0.05) is 44.3 Å². The maximum Gasteiger partial charge on any atom is 0.257 e. The molecule has 8 nitrogen and oxygen atoms in total. The summed E-state index contributed by atoms with van der Waals surface area (Å²) in [5.41, 5.74) is 0.649. The highest BCUT2D eigenvalue weighted by Gasteiger charge is 2.30. The van der Waals surface area contributed by atoms with Crippen LogP contribution in [-0.2, 0) is 13.1 Å². The number of rotatable bonds is 4. The van der Waals surface area contributed by atoms with E-state index < -0.39 is 0 Å². The van der Waals surface area contributed by atoms with Crippen molar-refractivity contribution in [3.63, 3.8) is 0 Å². The molecule has 0 bridgehead atoms. The summed E-state index contributed by atoms with van der Waals surface area (Å²) in [7, 11) is 0. The van der Waals surface area contributed by atoms with Crippen LogP contribution in [0, 0.1) is 0 Å². The molecule has 0 spiro atoms. The van der Waals surface area contributed by atoms with E-state index in [1.807, 2.05) is 30.9 Å². The monoisotopic (exact) mass is 369 g/mol. The highest BCUT2D eigenvalue weighted by molar-refractivity contribution is 5.98. The highest BCUT2D eigenvalue weighted by Crippen LogP contribution is 2.29. The summed E-state index contributed by atoms with van der Waals surface area (Å²) >= 11 is 0. The first-order valence-electron chi connectivity index (χ1n) is 9.77. The van der Waals surface area contributed by atoms with E-state index in [9.17, 15) is 4.79 Å². The molecule has 2 aromatic rings. The smallest absolute Gasteiger partial charge is 0.257 e. The fraction of sp³-hybridized carbons (Fsp3) is 0.579. The van der Waals surface area contributed by atoms with Crippen molar-refractivity contribution in [2.75, 3.05) is 25.0 Å². The van der Waals surface area contributed by atoms with E-state index in [0.717, 1.165) is 57.2 Å². The van der Waals surface area contributed by atoms with Gasteiger partial charge in [0.15, 0.2) is 0 Å². The number of amides is 1. The van der Waals surface area contributed by atoms with Gasteiger partial charge in [0.2, 0.25) is 0 Å². The number of piperidine rings is 1. The Morgan fingerprint density at radius 3 is 2.85 bits per heavy atom. The van der Waals surface area contributed by atoms with Crippen molar-refractivity contribution in [2.24, 2.45) is 0 Å². The number of carbonyl (C=O) groups excluding carboxylic acids is 1. The molecule has 1 amide bonds. The van der Waals surface area contributed by atoms with Crippen LogP contribution in [-0.4, -0.2) is 56.2 Å². The van der Waals surface area contributed by atoms with Crippen molar-refractivity contribution in [2.45, 2.75) is 51.7 Å². The summed E-state index contributed by atoms with van der Waals surface area (Å²) in [5, 5.41) is 15.4. The van der Waals surface area contributed by atoms with Gasteiger partial charge >= 0.3 is 0 Å². The van der Waals surface area contributed by atoms with Crippen LogP contribution in [0.25, 0.3) is 0 Å². The van der Waals surface area contributed by atoms with Gasteiger partial charge in [-0.1, -0.05) is 0 Å². The number of aromatic nitrogens is 4.